The Bertz CT molecular complexity index is 1240. The van der Waals surface area contributed by atoms with Crippen molar-refractivity contribution in [1.82, 2.24) is 14.5 Å². The number of allylic oxidation sites excluding steroid dienone is 1. The van der Waals surface area contributed by atoms with E-state index in [-0.39, 0.29) is 17.3 Å². The van der Waals surface area contributed by atoms with Gasteiger partial charge in [-0.25, -0.2) is 9.97 Å². The van der Waals surface area contributed by atoms with Gasteiger partial charge in [-0.05, 0) is 35.9 Å². The number of hydrogen-bond acceptors (Lipinski definition) is 5. The van der Waals surface area contributed by atoms with Crippen LogP contribution >= 0.6 is 11.6 Å². The minimum absolute atomic E-state index is 0.104. The summed E-state index contributed by atoms with van der Waals surface area (Å²) in [5, 5.41) is 11.2. The number of carbonyl (C=O) groups is 1. The quantitative estimate of drug-likeness (QED) is 0.235. The summed E-state index contributed by atoms with van der Waals surface area (Å²) in [7, 11) is 0. The van der Waals surface area contributed by atoms with Gasteiger partial charge < -0.3 is 20.0 Å². The molecule has 0 aliphatic rings. The highest BCUT2D eigenvalue weighted by Crippen LogP contribution is 2.23. The highest BCUT2D eigenvalue weighted by molar-refractivity contribution is 6.30. The first-order chi connectivity index (χ1) is 15.6. The molecule has 32 heavy (non-hydrogen) atoms. The van der Waals surface area contributed by atoms with Crippen molar-refractivity contribution in [2.75, 3.05) is 5.32 Å². The monoisotopic (exact) mass is 443 g/mol. The lowest BCUT2D eigenvalue weighted by Gasteiger charge is -2.14. The Balaban J connectivity index is 1.65. The molecular formula is C24H18ClN5O2. The third-order valence-electron chi connectivity index (χ3n) is 4.51. The summed E-state index contributed by atoms with van der Waals surface area (Å²) >= 11 is 5.92. The molecule has 158 valence electrons. The molecule has 2 heterocycles. The second kappa shape index (κ2) is 9.72. The summed E-state index contributed by atoms with van der Waals surface area (Å²) in [4.78, 5) is 21.4. The fourth-order valence-electron chi connectivity index (χ4n) is 2.94. The van der Waals surface area contributed by atoms with E-state index in [1.54, 1.807) is 48.9 Å². The number of nitrogens with one attached hydrogen (secondary N) is 2. The number of pyridine rings is 1. The molecule has 0 bridgehead atoms. The molecule has 0 unspecified atom stereocenters. The number of rotatable bonds is 7. The van der Waals surface area contributed by atoms with Crippen LogP contribution in [0.1, 0.15) is 0 Å². The maximum atomic E-state index is 13.1. The molecule has 0 aliphatic heterocycles. The van der Waals surface area contributed by atoms with E-state index in [4.69, 9.17) is 21.7 Å². The third-order valence-corrected chi connectivity index (χ3v) is 4.76. The van der Waals surface area contributed by atoms with E-state index in [2.05, 4.69) is 15.3 Å². The number of imidazole rings is 1. The van der Waals surface area contributed by atoms with Crippen molar-refractivity contribution < 1.29 is 9.53 Å². The number of halogens is 1. The number of aromatic nitrogens is 3. The first-order valence-corrected chi connectivity index (χ1v) is 10.0. The highest BCUT2D eigenvalue weighted by Gasteiger charge is 2.20. The summed E-state index contributed by atoms with van der Waals surface area (Å²) in [6.07, 6.45) is 7.33. The van der Waals surface area contributed by atoms with Crippen LogP contribution in [0.3, 0.4) is 0 Å². The number of benzene rings is 2. The Hall–Kier alpha value is -4.23. The van der Waals surface area contributed by atoms with Crippen molar-refractivity contribution >= 4 is 35.1 Å². The molecule has 0 spiro atoms. The molecule has 4 rings (SSSR count). The highest BCUT2D eigenvalue weighted by atomic mass is 35.5. The van der Waals surface area contributed by atoms with Gasteiger partial charge in [-0.3, -0.25) is 4.79 Å². The van der Waals surface area contributed by atoms with Gasteiger partial charge in [0, 0.05) is 47.1 Å². The SMILES string of the molecule is N=C/C(=C(/Oc1ccc(-c2ccccc2)cn1)C(=O)Nc1ccc(Cl)cc1)n1ccnc1. The molecule has 2 aromatic carbocycles. The first kappa shape index (κ1) is 21.0. The van der Waals surface area contributed by atoms with Crippen LogP contribution in [0.25, 0.3) is 16.8 Å². The maximum Gasteiger partial charge on any atom is 0.293 e. The van der Waals surface area contributed by atoms with Crippen molar-refractivity contribution in [3.8, 4) is 17.0 Å². The molecule has 0 fully saturated rings. The first-order valence-electron chi connectivity index (χ1n) is 9.63. The molecule has 0 saturated carbocycles. The lowest BCUT2D eigenvalue weighted by molar-refractivity contribution is -0.114. The fraction of sp³-hybridized carbons (Fsp3) is 0. The zero-order chi connectivity index (χ0) is 22.3. The Morgan fingerprint density at radius 2 is 1.81 bits per heavy atom. The van der Waals surface area contributed by atoms with E-state index >= 15 is 0 Å². The zero-order valence-electron chi connectivity index (χ0n) is 16.8. The fourth-order valence-corrected chi connectivity index (χ4v) is 3.07. The van der Waals surface area contributed by atoms with Gasteiger partial charge in [-0.2, -0.15) is 0 Å². The van der Waals surface area contributed by atoms with E-state index in [9.17, 15) is 4.79 Å². The van der Waals surface area contributed by atoms with Crippen molar-refractivity contribution in [3.63, 3.8) is 0 Å². The Kier molecular flexibility index (Phi) is 6.38. The predicted molar refractivity (Wildman–Crippen MR) is 125 cm³/mol. The van der Waals surface area contributed by atoms with Crippen molar-refractivity contribution in [1.29, 1.82) is 5.41 Å². The largest absolute Gasteiger partial charge is 0.431 e. The lowest BCUT2D eigenvalue weighted by Crippen LogP contribution is -2.22. The van der Waals surface area contributed by atoms with Crippen LogP contribution < -0.4 is 10.1 Å². The number of nitrogens with zero attached hydrogens (tertiary/aromatic N) is 3. The van der Waals surface area contributed by atoms with E-state index in [1.807, 2.05) is 36.4 Å². The standard InChI is InChI=1S/C24H18ClN5O2/c25-19-7-9-20(10-8-19)29-24(31)23(21(14-26)30-13-12-27-16-30)32-22-11-6-18(15-28-22)17-4-2-1-3-5-17/h1-16,26H,(H,29,31)/b23-21-,26-14?. The average Bonchev–Trinajstić information content (AvgIpc) is 3.36. The molecule has 0 saturated heterocycles. The Morgan fingerprint density at radius 1 is 1.03 bits per heavy atom. The van der Waals surface area contributed by atoms with Gasteiger partial charge in [0.05, 0.1) is 6.33 Å². The molecule has 2 N–H and O–H groups in total. The lowest BCUT2D eigenvalue weighted by atomic mass is 10.1. The smallest absolute Gasteiger partial charge is 0.293 e. The number of ether oxygens (including phenoxy) is 1. The van der Waals surface area contributed by atoms with Gasteiger partial charge in [0.1, 0.15) is 5.70 Å². The third kappa shape index (κ3) is 4.91. The van der Waals surface area contributed by atoms with E-state index < -0.39 is 5.91 Å². The number of anilines is 1. The van der Waals surface area contributed by atoms with Gasteiger partial charge in [0.2, 0.25) is 11.6 Å². The second-order valence-corrected chi connectivity index (χ2v) is 7.08. The number of amides is 1. The van der Waals surface area contributed by atoms with Crippen molar-refractivity contribution in [2.45, 2.75) is 0 Å². The van der Waals surface area contributed by atoms with Crippen LogP contribution in [0, 0.1) is 5.41 Å². The van der Waals surface area contributed by atoms with Crippen LogP contribution in [0.5, 0.6) is 5.88 Å². The summed E-state index contributed by atoms with van der Waals surface area (Å²) in [5.74, 6) is -0.438. The van der Waals surface area contributed by atoms with Crippen LogP contribution in [-0.2, 0) is 4.79 Å². The molecule has 4 aromatic rings. The molecule has 1 amide bonds. The summed E-state index contributed by atoms with van der Waals surface area (Å²) < 4.78 is 7.39. The van der Waals surface area contributed by atoms with Crippen molar-refractivity contribution in [2.24, 2.45) is 0 Å². The molecule has 2 aromatic heterocycles. The van der Waals surface area contributed by atoms with E-state index in [0.29, 0.717) is 10.7 Å². The van der Waals surface area contributed by atoms with Crippen LogP contribution in [0.2, 0.25) is 5.02 Å². The van der Waals surface area contributed by atoms with Crippen molar-refractivity contribution in [3.05, 3.63) is 102 Å². The van der Waals surface area contributed by atoms with Gasteiger partial charge in [0.25, 0.3) is 5.91 Å². The summed E-state index contributed by atoms with van der Waals surface area (Å²) in [6.45, 7) is 0. The number of carbonyl (C=O) groups excluding carboxylic acids is 1. The number of hydrogen-bond donors (Lipinski definition) is 2. The molecule has 7 nitrogen and oxygen atoms in total. The minimum atomic E-state index is -0.548. The van der Waals surface area contributed by atoms with Gasteiger partial charge in [0.15, 0.2) is 0 Å². The van der Waals surface area contributed by atoms with Crippen LogP contribution in [0.15, 0.2) is 97.4 Å². The Labute approximate surface area is 189 Å². The molecule has 8 heteroatoms. The van der Waals surface area contributed by atoms with Gasteiger partial charge in [-0.1, -0.05) is 41.9 Å². The molecule has 0 aliphatic carbocycles. The predicted octanol–water partition coefficient (Wildman–Crippen LogP) is 5.13. The van der Waals surface area contributed by atoms with Crippen LogP contribution in [-0.4, -0.2) is 26.7 Å². The maximum absolute atomic E-state index is 13.1. The molecular weight excluding hydrogens is 426 g/mol. The topological polar surface area (TPSA) is 92.9 Å². The normalized spacial score (nSPS) is 11.4. The van der Waals surface area contributed by atoms with Gasteiger partial charge >= 0.3 is 0 Å². The zero-order valence-corrected chi connectivity index (χ0v) is 17.5. The van der Waals surface area contributed by atoms with E-state index in [1.165, 1.54) is 10.9 Å². The Morgan fingerprint density at radius 3 is 2.44 bits per heavy atom. The summed E-state index contributed by atoms with van der Waals surface area (Å²) in [6, 6.07) is 20.0. The summed E-state index contributed by atoms with van der Waals surface area (Å²) in [5.41, 5.74) is 2.66. The average molecular weight is 444 g/mol. The minimum Gasteiger partial charge on any atom is -0.431 e. The second-order valence-electron chi connectivity index (χ2n) is 6.64. The van der Waals surface area contributed by atoms with E-state index in [0.717, 1.165) is 17.3 Å². The van der Waals surface area contributed by atoms with Gasteiger partial charge in [-0.15, -0.1) is 0 Å². The van der Waals surface area contributed by atoms with Crippen LogP contribution in [0.4, 0.5) is 5.69 Å². The molecule has 0 radical (unpaired) electrons. The molecule has 0 atom stereocenters.